The summed E-state index contributed by atoms with van der Waals surface area (Å²) in [5, 5.41) is 9.64. The molecule has 0 aliphatic heterocycles. The van der Waals surface area contributed by atoms with E-state index in [4.69, 9.17) is 4.42 Å². The molecule has 0 spiro atoms. The third-order valence-corrected chi connectivity index (χ3v) is 4.81. The summed E-state index contributed by atoms with van der Waals surface area (Å²) in [5.74, 6) is 2.60. The minimum absolute atomic E-state index is 0.204. The minimum atomic E-state index is -0.204. The van der Waals surface area contributed by atoms with E-state index in [0.29, 0.717) is 24.9 Å². The lowest BCUT2D eigenvalue weighted by molar-refractivity contribution is 0.0927. The number of furan rings is 1. The Morgan fingerprint density at radius 3 is 2.64 bits per heavy atom. The van der Waals surface area contributed by atoms with Gasteiger partial charge in [-0.2, -0.15) is 0 Å². The summed E-state index contributed by atoms with van der Waals surface area (Å²) in [6.07, 6.45) is 6.46. The molecule has 2 rings (SSSR count). The van der Waals surface area contributed by atoms with Crippen molar-refractivity contribution in [3.63, 3.8) is 0 Å². The highest BCUT2D eigenvalue weighted by atomic mass is 16.3. The molecule has 1 heterocycles. The second kappa shape index (κ2) is 10.1. The summed E-state index contributed by atoms with van der Waals surface area (Å²) < 4.78 is 5.07. The van der Waals surface area contributed by atoms with Crippen molar-refractivity contribution < 1.29 is 9.21 Å². The number of nitrogens with zero attached hydrogens (tertiary/aromatic N) is 1. The third-order valence-electron chi connectivity index (χ3n) is 4.81. The topological polar surface area (TPSA) is 78.7 Å². The molecule has 1 fully saturated rings. The van der Waals surface area contributed by atoms with E-state index in [9.17, 15) is 4.79 Å². The van der Waals surface area contributed by atoms with Gasteiger partial charge in [-0.3, -0.25) is 9.79 Å². The predicted molar refractivity (Wildman–Crippen MR) is 101 cm³/mol. The molecule has 0 aromatic carbocycles. The van der Waals surface area contributed by atoms with Gasteiger partial charge in [0.2, 0.25) is 0 Å². The van der Waals surface area contributed by atoms with Gasteiger partial charge in [-0.05, 0) is 56.6 Å². The van der Waals surface area contributed by atoms with E-state index in [1.54, 1.807) is 12.1 Å². The van der Waals surface area contributed by atoms with Gasteiger partial charge in [0.05, 0.1) is 12.8 Å². The van der Waals surface area contributed by atoms with E-state index >= 15 is 0 Å². The van der Waals surface area contributed by atoms with Crippen LogP contribution in [0.5, 0.6) is 0 Å². The molecule has 0 unspecified atom stereocenters. The molecule has 1 amide bonds. The number of carbonyl (C=O) groups excluding carboxylic acids is 1. The van der Waals surface area contributed by atoms with Crippen molar-refractivity contribution in [3.8, 4) is 0 Å². The Balaban J connectivity index is 1.73. The summed E-state index contributed by atoms with van der Waals surface area (Å²) >= 11 is 0. The Hall–Kier alpha value is -1.98. The highest BCUT2D eigenvalue weighted by molar-refractivity contribution is 5.91. The van der Waals surface area contributed by atoms with Crippen LogP contribution in [0.15, 0.2) is 27.8 Å². The Bertz CT molecular complexity index is 532. The zero-order valence-electron chi connectivity index (χ0n) is 15.7. The normalized spacial score (nSPS) is 21.2. The first kappa shape index (κ1) is 19.3. The largest absolute Gasteiger partial charge is 0.459 e. The molecule has 25 heavy (non-hydrogen) atoms. The molecule has 0 atom stereocenters. The fourth-order valence-corrected chi connectivity index (χ4v) is 3.28. The Morgan fingerprint density at radius 1 is 1.28 bits per heavy atom. The van der Waals surface area contributed by atoms with Gasteiger partial charge in [-0.1, -0.05) is 13.8 Å². The molecular weight excluding hydrogens is 316 g/mol. The summed E-state index contributed by atoms with van der Waals surface area (Å²) in [7, 11) is 0. The van der Waals surface area contributed by atoms with Crippen molar-refractivity contribution in [2.75, 3.05) is 19.6 Å². The van der Waals surface area contributed by atoms with Crippen molar-refractivity contribution in [2.45, 2.75) is 52.5 Å². The van der Waals surface area contributed by atoms with E-state index in [0.717, 1.165) is 24.3 Å². The summed E-state index contributed by atoms with van der Waals surface area (Å²) in [6.45, 7) is 8.54. The van der Waals surface area contributed by atoms with Crippen LogP contribution in [0.25, 0.3) is 0 Å². The summed E-state index contributed by atoms with van der Waals surface area (Å²) in [4.78, 5) is 16.4. The van der Waals surface area contributed by atoms with Gasteiger partial charge in [-0.15, -0.1) is 0 Å². The van der Waals surface area contributed by atoms with Crippen molar-refractivity contribution in [1.29, 1.82) is 0 Å². The number of hydrogen-bond acceptors (Lipinski definition) is 3. The lowest BCUT2D eigenvalue weighted by atomic mass is 9.80. The van der Waals surface area contributed by atoms with Crippen molar-refractivity contribution in [3.05, 3.63) is 24.2 Å². The molecule has 3 N–H and O–H groups in total. The third kappa shape index (κ3) is 6.44. The van der Waals surface area contributed by atoms with Crippen LogP contribution in [0.3, 0.4) is 0 Å². The van der Waals surface area contributed by atoms with Gasteiger partial charge in [0, 0.05) is 19.1 Å². The molecular formula is C19H32N4O2. The second-order valence-corrected chi connectivity index (χ2v) is 6.99. The maximum atomic E-state index is 11.8. The molecule has 1 saturated carbocycles. The molecule has 1 aromatic rings. The molecule has 1 aliphatic rings. The lowest BCUT2D eigenvalue weighted by Crippen LogP contribution is -2.45. The SMILES string of the molecule is CCNC(=NCCNC(=O)c1ccco1)NC1CCC(C(C)C)CC1. The van der Waals surface area contributed by atoms with Crippen molar-refractivity contribution >= 4 is 11.9 Å². The molecule has 0 saturated heterocycles. The predicted octanol–water partition coefficient (Wildman–Crippen LogP) is 2.78. The second-order valence-electron chi connectivity index (χ2n) is 6.99. The molecule has 0 radical (unpaired) electrons. The van der Waals surface area contributed by atoms with Crippen LogP contribution in [0.4, 0.5) is 0 Å². The van der Waals surface area contributed by atoms with Gasteiger partial charge in [0.25, 0.3) is 5.91 Å². The fraction of sp³-hybridized carbons (Fsp3) is 0.684. The Morgan fingerprint density at radius 2 is 2.04 bits per heavy atom. The quantitative estimate of drug-likeness (QED) is 0.402. The lowest BCUT2D eigenvalue weighted by Gasteiger charge is -2.32. The van der Waals surface area contributed by atoms with Crippen LogP contribution in [0.2, 0.25) is 0 Å². The first-order valence-electron chi connectivity index (χ1n) is 9.46. The van der Waals surface area contributed by atoms with Crippen LogP contribution < -0.4 is 16.0 Å². The number of hydrogen-bond donors (Lipinski definition) is 3. The van der Waals surface area contributed by atoms with Crippen LogP contribution in [0.1, 0.15) is 57.0 Å². The first-order valence-corrected chi connectivity index (χ1v) is 9.46. The fourth-order valence-electron chi connectivity index (χ4n) is 3.28. The van der Waals surface area contributed by atoms with E-state index in [1.807, 2.05) is 0 Å². The summed E-state index contributed by atoms with van der Waals surface area (Å²) in [5.41, 5.74) is 0. The van der Waals surface area contributed by atoms with Crippen LogP contribution in [0, 0.1) is 11.8 Å². The van der Waals surface area contributed by atoms with E-state index in [2.05, 4.69) is 41.7 Å². The van der Waals surface area contributed by atoms with Crippen LogP contribution >= 0.6 is 0 Å². The zero-order valence-corrected chi connectivity index (χ0v) is 15.7. The number of aliphatic imine (C=N–C) groups is 1. The molecule has 6 nitrogen and oxygen atoms in total. The zero-order chi connectivity index (χ0) is 18.1. The number of amides is 1. The Labute approximate surface area is 150 Å². The van der Waals surface area contributed by atoms with Gasteiger partial charge in [0.1, 0.15) is 0 Å². The molecule has 1 aliphatic carbocycles. The highest BCUT2D eigenvalue weighted by Gasteiger charge is 2.23. The van der Waals surface area contributed by atoms with E-state index < -0.39 is 0 Å². The maximum Gasteiger partial charge on any atom is 0.287 e. The van der Waals surface area contributed by atoms with E-state index in [-0.39, 0.29) is 5.91 Å². The van der Waals surface area contributed by atoms with Gasteiger partial charge < -0.3 is 20.4 Å². The molecule has 0 bridgehead atoms. The van der Waals surface area contributed by atoms with Gasteiger partial charge in [-0.25, -0.2) is 0 Å². The minimum Gasteiger partial charge on any atom is -0.459 e. The van der Waals surface area contributed by atoms with Crippen LogP contribution in [-0.2, 0) is 0 Å². The molecule has 140 valence electrons. The van der Waals surface area contributed by atoms with Gasteiger partial charge in [0.15, 0.2) is 11.7 Å². The average Bonchev–Trinajstić information content (AvgIpc) is 3.14. The Kier molecular flexibility index (Phi) is 7.82. The average molecular weight is 348 g/mol. The highest BCUT2D eigenvalue weighted by Crippen LogP contribution is 2.29. The number of rotatable bonds is 7. The first-order chi connectivity index (χ1) is 12.1. The summed E-state index contributed by atoms with van der Waals surface area (Å²) in [6, 6.07) is 3.84. The standard InChI is InChI=1S/C19H32N4O2/c1-4-20-19(23-16-9-7-15(8-10-16)14(2)3)22-12-11-21-18(24)17-6-5-13-25-17/h5-6,13-16H,4,7-12H2,1-3H3,(H,21,24)(H2,20,22,23). The monoisotopic (exact) mass is 348 g/mol. The van der Waals surface area contributed by atoms with Crippen LogP contribution in [-0.4, -0.2) is 37.5 Å². The van der Waals surface area contributed by atoms with Crippen molar-refractivity contribution in [2.24, 2.45) is 16.8 Å². The van der Waals surface area contributed by atoms with E-state index in [1.165, 1.54) is 31.9 Å². The number of carbonyl (C=O) groups is 1. The van der Waals surface area contributed by atoms with Gasteiger partial charge >= 0.3 is 0 Å². The number of nitrogens with one attached hydrogen (secondary N) is 3. The molecule has 6 heteroatoms. The number of guanidine groups is 1. The smallest absolute Gasteiger partial charge is 0.287 e. The van der Waals surface area contributed by atoms with Crippen molar-refractivity contribution in [1.82, 2.24) is 16.0 Å². The molecule has 1 aromatic heterocycles. The maximum absolute atomic E-state index is 11.8.